The van der Waals surface area contributed by atoms with Gasteiger partial charge in [-0.25, -0.2) is 0 Å². The lowest BCUT2D eigenvalue weighted by atomic mass is 10.1. The van der Waals surface area contributed by atoms with Gasteiger partial charge in [-0.15, -0.1) is 0 Å². The lowest BCUT2D eigenvalue weighted by Crippen LogP contribution is -3.00. The summed E-state index contributed by atoms with van der Waals surface area (Å²) in [5.41, 5.74) is 3.02. The summed E-state index contributed by atoms with van der Waals surface area (Å²) in [4.78, 5) is 10.4. The van der Waals surface area contributed by atoms with Crippen LogP contribution >= 0.6 is 0 Å². The van der Waals surface area contributed by atoms with Gasteiger partial charge in [0.2, 0.25) is 5.70 Å². The second kappa shape index (κ2) is 8.17. The maximum absolute atomic E-state index is 10.8. The molecule has 0 fully saturated rings. The number of benzene rings is 2. The molecule has 5 heteroatoms. The summed E-state index contributed by atoms with van der Waals surface area (Å²) in [6.07, 6.45) is 5.97. The lowest BCUT2D eigenvalue weighted by Gasteiger charge is -2.03. The third-order valence-electron chi connectivity index (χ3n) is 3.47. The molecule has 0 amide bonds. The Kier molecular flexibility index (Phi) is 5.98. The van der Waals surface area contributed by atoms with Crippen LogP contribution in [0.4, 0.5) is 5.69 Å². The summed E-state index contributed by atoms with van der Waals surface area (Å²) in [5, 5.41) is 10.8. The number of hydrogen-bond donors (Lipinski definition) is 0. The molecule has 0 saturated heterocycles. The van der Waals surface area contributed by atoms with E-state index in [-0.39, 0.29) is 27.6 Å². The van der Waals surface area contributed by atoms with E-state index in [0.29, 0.717) is 0 Å². The first-order valence-corrected chi connectivity index (χ1v) is 7.22. The molecule has 0 N–H and O–H groups in total. The molecule has 0 aliphatic carbocycles. The Morgan fingerprint density at radius 2 is 1.46 bits per heavy atom. The van der Waals surface area contributed by atoms with Gasteiger partial charge in [0.05, 0.1) is 4.92 Å². The monoisotopic (exact) mass is 382 g/mol. The fraction of sp³-hybridized carbons (Fsp3) is 0. The van der Waals surface area contributed by atoms with Crippen LogP contribution in [-0.2, 0) is 0 Å². The molecule has 0 atom stereocenters. The first kappa shape index (κ1) is 17.6. The molecule has 3 aromatic rings. The van der Waals surface area contributed by atoms with Gasteiger partial charge in [-0.1, -0.05) is 36.4 Å². The largest absolute Gasteiger partial charge is 1.00 e. The number of nitrogens with zero attached hydrogens (tertiary/aromatic N) is 2. The van der Waals surface area contributed by atoms with Gasteiger partial charge in [0, 0.05) is 35.9 Å². The second-order valence-electron chi connectivity index (χ2n) is 5.03. The molecule has 0 bridgehead atoms. The van der Waals surface area contributed by atoms with Crippen LogP contribution in [0.15, 0.2) is 85.2 Å². The molecule has 0 aliphatic heterocycles. The number of nitro benzene ring substituents is 1. The molecule has 2 aromatic carbocycles. The quantitative estimate of drug-likeness (QED) is 0.291. The third-order valence-corrected chi connectivity index (χ3v) is 3.47. The fourth-order valence-electron chi connectivity index (χ4n) is 2.33. The Balaban J connectivity index is 0.00000208. The first-order valence-electron chi connectivity index (χ1n) is 7.22. The van der Waals surface area contributed by atoms with E-state index in [1.54, 1.807) is 12.1 Å². The average molecular weight is 383 g/mol. The normalized spacial score (nSPS) is 10.8. The highest BCUT2D eigenvalue weighted by atomic mass is 79.9. The maximum Gasteiger partial charge on any atom is 0.269 e. The maximum atomic E-state index is 10.8. The zero-order chi connectivity index (χ0) is 16.1. The van der Waals surface area contributed by atoms with Crippen molar-refractivity contribution in [2.75, 3.05) is 0 Å². The second-order valence-corrected chi connectivity index (χ2v) is 5.03. The zero-order valence-electron chi connectivity index (χ0n) is 12.7. The van der Waals surface area contributed by atoms with Crippen molar-refractivity contribution >= 4 is 17.5 Å². The SMILES string of the molecule is O=[N+]([O-])c1ccc(C(=Cc2ccccc2)[n+]2ccccc2)cc1.[Br-]. The van der Waals surface area contributed by atoms with E-state index in [9.17, 15) is 10.1 Å². The minimum Gasteiger partial charge on any atom is -1.00 e. The molecule has 1 heterocycles. The predicted octanol–water partition coefficient (Wildman–Crippen LogP) is 0.933. The Morgan fingerprint density at radius 1 is 0.875 bits per heavy atom. The molecule has 4 nitrogen and oxygen atoms in total. The van der Waals surface area contributed by atoms with E-state index in [1.807, 2.05) is 65.5 Å². The van der Waals surface area contributed by atoms with Gasteiger partial charge >= 0.3 is 0 Å². The Morgan fingerprint density at radius 3 is 2.04 bits per heavy atom. The van der Waals surface area contributed by atoms with Crippen molar-refractivity contribution in [3.8, 4) is 0 Å². The highest BCUT2D eigenvalue weighted by Gasteiger charge is 2.14. The van der Waals surface area contributed by atoms with E-state index in [4.69, 9.17) is 0 Å². The van der Waals surface area contributed by atoms with E-state index in [1.165, 1.54) is 12.1 Å². The first-order chi connectivity index (χ1) is 11.2. The van der Waals surface area contributed by atoms with Crippen LogP contribution in [0.3, 0.4) is 0 Å². The van der Waals surface area contributed by atoms with Crippen LogP contribution in [0.25, 0.3) is 11.8 Å². The minimum absolute atomic E-state index is 0. The summed E-state index contributed by atoms with van der Waals surface area (Å²) in [6, 6.07) is 22.4. The molecule has 24 heavy (non-hydrogen) atoms. The molecule has 0 radical (unpaired) electrons. The smallest absolute Gasteiger partial charge is 0.269 e. The van der Waals surface area contributed by atoms with Crippen molar-refractivity contribution in [3.63, 3.8) is 0 Å². The van der Waals surface area contributed by atoms with Gasteiger partial charge in [-0.05, 0) is 17.7 Å². The van der Waals surface area contributed by atoms with Gasteiger partial charge < -0.3 is 17.0 Å². The zero-order valence-corrected chi connectivity index (χ0v) is 14.3. The van der Waals surface area contributed by atoms with Crippen LogP contribution in [0, 0.1) is 10.1 Å². The highest BCUT2D eigenvalue weighted by Crippen LogP contribution is 2.19. The molecule has 3 rings (SSSR count). The summed E-state index contributed by atoms with van der Waals surface area (Å²) in [5.74, 6) is 0. The van der Waals surface area contributed by atoms with E-state index in [0.717, 1.165) is 16.8 Å². The Bertz CT molecular complexity index is 832. The number of nitro groups is 1. The average Bonchev–Trinajstić information content (AvgIpc) is 2.61. The lowest BCUT2D eigenvalue weighted by molar-refractivity contribution is -0.578. The van der Waals surface area contributed by atoms with Crippen LogP contribution in [0.5, 0.6) is 0 Å². The van der Waals surface area contributed by atoms with E-state index < -0.39 is 0 Å². The number of aromatic nitrogens is 1. The van der Waals surface area contributed by atoms with E-state index >= 15 is 0 Å². The van der Waals surface area contributed by atoms with Crippen molar-refractivity contribution in [3.05, 3.63) is 106 Å². The van der Waals surface area contributed by atoms with Gasteiger partial charge in [-0.3, -0.25) is 10.1 Å². The Labute approximate surface area is 150 Å². The van der Waals surface area contributed by atoms with Crippen LogP contribution in [-0.4, -0.2) is 4.92 Å². The summed E-state index contributed by atoms with van der Waals surface area (Å²) >= 11 is 0. The third kappa shape index (κ3) is 4.14. The number of rotatable bonds is 4. The van der Waals surface area contributed by atoms with Crippen LogP contribution < -0.4 is 21.5 Å². The summed E-state index contributed by atoms with van der Waals surface area (Å²) < 4.78 is 1.99. The van der Waals surface area contributed by atoms with Crippen molar-refractivity contribution in [1.29, 1.82) is 0 Å². The van der Waals surface area contributed by atoms with Gasteiger partial charge in [0.1, 0.15) is 0 Å². The highest BCUT2D eigenvalue weighted by molar-refractivity contribution is 5.76. The number of halogens is 1. The number of non-ortho nitro benzene ring substituents is 1. The molecule has 1 aromatic heterocycles. The van der Waals surface area contributed by atoms with E-state index in [2.05, 4.69) is 6.08 Å². The number of hydrogen-bond acceptors (Lipinski definition) is 2. The van der Waals surface area contributed by atoms with Crippen molar-refractivity contribution < 1.29 is 26.5 Å². The van der Waals surface area contributed by atoms with Crippen molar-refractivity contribution in [2.45, 2.75) is 0 Å². The van der Waals surface area contributed by atoms with Gasteiger partial charge in [-0.2, -0.15) is 4.57 Å². The number of pyridine rings is 1. The molecular formula is C19H15BrN2O2. The molecule has 0 saturated carbocycles. The molecular weight excluding hydrogens is 368 g/mol. The molecule has 0 spiro atoms. The fourth-order valence-corrected chi connectivity index (χ4v) is 2.33. The van der Waals surface area contributed by atoms with Crippen LogP contribution in [0.1, 0.15) is 11.1 Å². The van der Waals surface area contributed by atoms with Crippen molar-refractivity contribution in [2.24, 2.45) is 0 Å². The van der Waals surface area contributed by atoms with Crippen LogP contribution in [0.2, 0.25) is 0 Å². The topological polar surface area (TPSA) is 47.0 Å². The summed E-state index contributed by atoms with van der Waals surface area (Å²) in [7, 11) is 0. The van der Waals surface area contributed by atoms with Crippen molar-refractivity contribution in [1.82, 2.24) is 0 Å². The standard InChI is InChI=1S/C19H15N2O2.BrH/c22-21(23)18-11-9-17(10-12-18)19(20-13-5-2-6-14-20)15-16-7-3-1-4-8-16;/h1-15H;1H/q+1;/p-1. The molecule has 0 aliphatic rings. The van der Waals surface area contributed by atoms with Gasteiger partial charge in [0.25, 0.3) is 5.69 Å². The minimum atomic E-state index is -0.389. The molecule has 0 unspecified atom stereocenters. The Hall–Kier alpha value is -2.79. The summed E-state index contributed by atoms with van der Waals surface area (Å²) in [6.45, 7) is 0. The molecule has 120 valence electrons. The predicted molar refractivity (Wildman–Crippen MR) is 89.4 cm³/mol. The van der Waals surface area contributed by atoms with Gasteiger partial charge in [0.15, 0.2) is 12.4 Å².